The lowest BCUT2D eigenvalue weighted by Crippen LogP contribution is -2.16. The fourth-order valence-corrected chi connectivity index (χ4v) is 3.43. The van der Waals surface area contributed by atoms with Gasteiger partial charge in [-0.05, 0) is 17.7 Å². The summed E-state index contributed by atoms with van der Waals surface area (Å²) in [6.07, 6.45) is 1.33. The molecule has 0 fully saturated rings. The smallest absolute Gasteiger partial charge is 0.338 e. The maximum absolute atomic E-state index is 12.3. The Kier molecular flexibility index (Phi) is 5.87. The average molecular weight is 397 g/mol. The van der Waals surface area contributed by atoms with Crippen LogP contribution >= 0.6 is 0 Å². The van der Waals surface area contributed by atoms with Gasteiger partial charge in [0.2, 0.25) is 12.6 Å². The third kappa shape index (κ3) is 4.23. The molecule has 1 atom stereocenters. The van der Waals surface area contributed by atoms with Gasteiger partial charge in [-0.15, -0.1) is 0 Å². The lowest BCUT2D eigenvalue weighted by Gasteiger charge is -2.08. The Morgan fingerprint density at radius 1 is 1.10 bits per heavy atom. The van der Waals surface area contributed by atoms with Crippen molar-refractivity contribution < 1.29 is 19.4 Å². The van der Waals surface area contributed by atoms with E-state index in [0.29, 0.717) is 17.4 Å². The Morgan fingerprint density at radius 2 is 1.83 bits per heavy atom. The van der Waals surface area contributed by atoms with Crippen LogP contribution in [-0.2, 0) is 11.3 Å². The maximum Gasteiger partial charge on any atom is 0.338 e. The molecule has 0 saturated carbocycles. The van der Waals surface area contributed by atoms with Gasteiger partial charge in [0.15, 0.2) is 0 Å². The van der Waals surface area contributed by atoms with E-state index in [9.17, 15) is 25.0 Å². The van der Waals surface area contributed by atoms with Crippen LogP contribution in [0.25, 0.3) is 10.9 Å². The molecule has 150 valence electrons. The predicted molar refractivity (Wildman–Crippen MR) is 105 cm³/mol. The Bertz CT molecular complexity index is 1060. The highest BCUT2D eigenvalue weighted by atomic mass is 16.6. The van der Waals surface area contributed by atoms with E-state index in [1.54, 1.807) is 18.3 Å². The number of carbonyl (C=O) groups excluding carboxylic acids is 1. The fraction of sp³-hybridized carbons (Fsp3) is 0.250. The van der Waals surface area contributed by atoms with E-state index in [2.05, 4.69) is 0 Å². The topological polar surface area (TPSA) is 118 Å². The predicted octanol–water partition coefficient (Wildman–Crippen LogP) is 3.46. The number of benzene rings is 2. The fourth-order valence-electron chi connectivity index (χ4n) is 3.43. The van der Waals surface area contributed by atoms with Gasteiger partial charge in [0.1, 0.15) is 0 Å². The van der Waals surface area contributed by atoms with E-state index in [0.717, 1.165) is 5.56 Å². The molecule has 29 heavy (non-hydrogen) atoms. The number of carbonyl (C=O) groups is 1. The number of methoxy groups -OCH3 is 1. The first-order valence-corrected chi connectivity index (χ1v) is 8.91. The highest BCUT2D eigenvalue weighted by Gasteiger charge is 2.31. The monoisotopic (exact) mass is 397 g/mol. The minimum atomic E-state index is -1.31. The van der Waals surface area contributed by atoms with E-state index in [-0.39, 0.29) is 17.5 Å². The van der Waals surface area contributed by atoms with Crippen LogP contribution in [0.1, 0.15) is 33.9 Å². The SMILES string of the molecule is COC(=O)c1cccc2c1c(C(CC[N+](=O)[O-])[N+](=O)[O-])cn2Cc1ccccc1. The number of hydrogen-bond donors (Lipinski definition) is 0. The van der Waals surface area contributed by atoms with Crippen LogP contribution in [-0.4, -0.2) is 34.0 Å². The number of rotatable bonds is 8. The normalized spacial score (nSPS) is 11.9. The summed E-state index contributed by atoms with van der Waals surface area (Å²) in [5.74, 6) is -0.620. The third-order valence-corrected chi connectivity index (χ3v) is 4.74. The second-order valence-electron chi connectivity index (χ2n) is 6.54. The molecule has 3 rings (SSSR count). The van der Waals surface area contributed by atoms with E-state index < -0.39 is 28.4 Å². The van der Waals surface area contributed by atoms with Crippen LogP contribution in [0.3, 0.4) is 0 Å². The summed E-state index contributed by atoms with van der Waals surface area (Å²) < 4.78 is 6.65. The molecular formula is C20H19N3O6. The lowest BCUT2D eigenvalue weighted by molar-refractivity contribution is -0.546. The van der Waals surface area contributed by atoms with Crippen LogP contribution in [0.4, 0.5) is 0 Å². The van der Waals surface area contributed by atoms with Crippen molar-refractivity contribution in [3.8, 4) is 0 Å². The third-order valence-electron chi connectivity index (χ3n) is 4.74. The zero-order valence-electron chi connectivity index (χ0n) is 15.7. The molecule has 0 aliphatic heterocycles. The molecule has 9 heteroatoms. The summed E-state index contributed by atoms with van der Waals surface area (Å²) in [6.45, 7) is -0.112. The van der Waals surface area contributed by atoms with Crippen molar-refractivity contribution in [2.24, 2.45) is 0 Å². The first-order valence-electron chi connectivity index (χ1n) is 8.91. The van der Waals surface area contributed by atoms with Crippen LogP contribution < -0.4 is 0 Å². The Morgan fingerprint density at radius 3 is 2.45 bits per heavy atom. The van der Waals surface area contributed by atoms with Crippen LogP contribution in [0.5, 0.6) is 0 Å². The van der Waals surface area contributed by atoms with Gasteiger partial charge in [-0.1, -0.05) is 36.4 Å². The van der Waals surface area contributed by atoms with E-state index in [4.69, 9.17) is 4.74 Å². The Labute approximate surface area is 165 Å². The first-order chi connectivity index (χ1) is 13.9. The zero-order valence-corrected chi connectivity index (χ0v) is 15.7. The summed E-state index contributed by atoms with van der Waals surface area (Å²) in [6, 6.07) is 13.2. The number of nitro groups is 2. The molecule has 0 bridgehead atoms. The van der Waals surface area contributed by atoms with Gasteiger partial charge in [-0.2, -0.15) is 0 Å². The molecule has 1 heterocycles. The Hall–Kier alpha value is -3.75. The van der Waals surface area contributed by atoms with Crippen molar-refractivity contribution in [1.82, 2.24) is 4.57 Å². The highest BCUT2D eigenvalue weighted by Crippen LogP contribution is 2.33. The molecule has 0 aliphatic rings. The van der Waals surface area contributed by atoms with Crippen molar-refractivity contribution in [3.05, 3.63) is 91.6 Å². The number of aromatic nitrogens is 1. The van der Waals surface area contributed by atoms with Gasteiger partial charge >= 0.3 is 5.97 Å². The number of ether oxygens (including phenoxy) is 1. The van der Waals surface area contributed by atoms with Crippen molar-refractivity contribution >= 4 is 16.9 Å². The van der Waals surface area contributed by atoms with Crippen molar-refractivity contribution in [1.29, 1.82) is 0 Å². The van der Waals surface area contributed by atoms with Crippen molar-refractivity contribution in [3.63, 3.8) is 0 Å². The van der Waals surface area contributed by atoms with Gasteiger partial charge in [0.05, 0.1) is 24.7 Å². The van der Waals surface area contributed by atoms with Gasteiger partial charge < -0.3 is 9.30 Å². The number of fused-ring (bicyclic) bond motifs is 1. The number of hydrogen-bond acceptors (Lipinski definition) is 6. The molecule has 0 radical (unpaired) electrons. The van der Waals surface area contributed by atoms with Crippen LogP contribution in [0, 0.1) is 20.2 Å². The molecule has 0 spiro atoms. The van der Waals surface area contributed by atoms with Gasteiger partial charge in [-0.25, -0.2) is 4.79 Å². The molecule has 0 aliphatic carbocycles. The number of nitrogens with zero attached hydrogens (tertiary/aromatic N) is 3. The first kappa shape index (κ1) is 20.0. The van der Waals surface area contributed by atoms with Gasteiger partial charge in [-0.3, -0.25) is 20.2 Å². The van der Waals surface area contributed by atoms with Crippen molar-refractivity contribution in [2.75, 3.05) is 13.7 Å². The Balaban J connectivity index is 2.19. The van der Waals surface area contributed by atoms with Crippen molar-refractivity contribution in [2.45, 2.75) is 19.0 Å². The molecule has 1 unspecified atom stereocenters. The van der Waals surface area contributed by atoms with E-state index >= 15 is 0 Å². The minimum Gasteiger partial charge on any atom is -0.465 e. The zero-order chi connectivity index (χ0) is 21.0. The largest absolute Gasteiger partial charge is 0.465 e. The summed E-state index contributed by atoms with van der Waals surface area (Å²) in [4.78, 5) is 33.7. The molecule has 0 saturated heterocycles. The lowest BCUT2D eigenvalue weighted by atomic mass is 9.99. The highest BCUT2D eigenvalue weighted by molar-refractivity contribution is 6.05. The molecule has 3 aromatic rings. The van der Waals surface area contributed by atoms with E-state index in [1.165, 1.54) is 13.2 Å². The second-order valence-corrected chi connectivity index (χ2v) is 6.54. The maximum atomic E-state index is 12.3. The molecular weight excluding hydrogens is 378 g/mol. The second kappa shape index (κ2) is 8.51. The molecule has 9 nitrogen and oxygen atoms in total. The van der Waals surface area contributed by atoms with Crippen LogP contribution in [0.2, 0.25) is 0 Å². The minimum absolute atomic E-state index is 0.194. The van der Waals surface area contributed by atoms with Crippen LogP contribution in [0.15, 0.2) is 54.7 Å². The molecule has 1 aromatic heterocycles. The summed E-state index contributed by atoms with van der Waals surface area (Å²) in [7, 11) is 1.24. The van der Waals surface area contributed by atoms with Gasteiger partial charge in [0, 0.05) is 33.5 Å². The standard InChI is InChI=1S/C20H19N3O6/c1-29-20(24)15-8-5-9-18-19(15)16(17(23(27)28)10-11-22(25)26)13-21(18)12-14-6-3-2-4-7-14/h2-9,13,17H,10-12H2,1H3. The average Bonchev–Trinajstić information content (AvgIpc) is 3.06. The molecule has 2 aromatic carbocycles. The quantitative estimate of drug-likeness (QED) is 0.326. The van der Waals surface area contributed by atoms with E-state index in [1.807, 2.05) is 34.9 Å². The summed E-state index contributed by atoms with van der Waals surface area (Å²) in [5, 5.41) is 22.9. The molecule has 0 amide bonds. The molecule has 0 N–H and O–H groups in total. The van der Waals surface area contributed by atoms with Gasteiger partial charge in [0.25, 0.3) is 0 Å². The number of esters is 1. The summed E-state index contributed by atoms with van der Waals surface area (Å²) in [5.41, 5.74) is 2.06. The summed E-state index contributed by atoms with van der Waals surface area (Å²) >= 11 is 0.